The van der Waals surface area contributed by atoms with Crippen LogP contribution in [0.4, 0.5) is 0 Å². The van der Waals surface area contributed by atoms with Crippen molar-refractivity contribution in [3.8, 4) is 0 Å². The first-order valence-electron chi connectivity index (χ1n) is 4.28. The molecule has 0 spiro atoms. The second kappa shape index (κ2) is 6.23. The minimum Gasteiger partial charge on any atom is -0.481 e. The maximum absolute atomic E-state index is 10.2. The van der Waals surface area contributed by atoms with Gasteiger partial charge in [-0.1, -0.05) is 0 Å². The Bertz CT molecular complexity index is 156. The molecule has 5 heteroatoms. The van der Waals surface area contributed by atoms with Crippen LogP contribution in [-0.4, -0.2) is 42.1 Å². The molecule has 0 saturated carbocycles. The van der Waals surface area contributed by atoms with Crippen molar-refractivity contribution >= 4 is 17.7 Å². The molecule has 0 aromatic carbocycles. The topological polar surface area (TPSA) is 55.8 Å². The van der Waals surface area contributed by atoms with E-state index in [0.717, 1.165) is 18.8 Å². The SMILES string of the molecule is O=C(O)CCSCC1CCOCO1. The molecule has 13 heavy (non-hydrogen) atoms. The van der Waals surface area contributed by atoms with E-state index >= 15 is 0 Å². The number of hydrogen-bond donors (Lipinski definition) is 1. The van der Waals surface area contributed by atoms with Crippen LogP contribution in [-0.2, 0) is 14.3 Å². The quantitative estimate of drug-likeness (QED) is 0.679. The monoisotopic (exact) mass is 206 g/mol. The summed E-state index contributed by atoms with van der Waals surface area (Å²) in [5.74, 6) is 0.799. The van der Waals surface area contributed by atoms with Crippen molar-refractivity contribution in [2.24, 2.45) is 0 Å². The van der Waals surface area contributed by atoms with E-state index < -0.39 is 5.97 Å². The van der Waals surface area contributed by atoms with Gasteiger partial charge in [0, 0.05) is 11.5 Å². The molecule has 1 aliphatic heterocycles. The summed E-state index contributed by atoms with van der Waals surface area (Å²) in [7, 11) is 0. The van der Waals surface area contributed by atoms with Gasteiger partial charge in [0.2, 0.25) is 0 Å². The van der Waals surface area contributed by atoms with Crippen molar-refractivity contribution < 1.29 is 19.4 Å². The van der Waals surface area contributed by atoms with Gasteiger partial charge in [0.05, 0.1) is 19.1 Å². The van der Waals surface area contributed by atoms with Crippen molar-refractivity contribution in [3.63, 3.8) is 0 Å². The van der Waals surface area contributed by atoms with Crippen LogP contribution in [0, 0.1) is 0 Å². The first-order chi connectivity index (χ1) is 6.29. The van der Waals surface area contributed by atoms with Gasteiger partial charge in [-0.05, 0) is 6.42 Å². The summed E-state index contributed by atoms with van der Waals surface area (Å²) in [6, 6.07) is 0. The Hall–Kier alpha value is -0.260. The van der Waals surface area contributed by atoms with Gasteiger partial charge in [-0.15, -0.1) is 0 Å². The first-order valence-corrected chi connectivity index (χ1v) is 5.43. The fourth-order valence-electron chi connectivity index (χ4n) is 1.01. The van der Waals surface area contributed by atoms with Gasteiger partial charge in [-0.25, -0.2) is 0 Å². The summed E-state index contributed by atoms with van der Waals surface area (Å²) in [6.07, 6.45) is 1.39. The van der Waals surface area contributed by atoms with E-state index in [9.17, 15) is 4.79 Å². The number of thioether (sulfide) groups is 1. The predicted molar refractivity (Wildman–Crippen MR) is 49.9 cm³/mol. The van der Waals surface area contributed by atoms with E-state index in [0.29, 0.717) is 12.5 Å². The zero-order valence-corrected chi connectivity index (χ0v) is 8.22. The van der Waals surface area contributed by atoms with Gasteiger partial charge in [0.15, 0.2) is 0 Å². The Morgan fingerprint density at radius 2 is 2.46 bits per heavy atom. The van der Waals surface area contributed by atoms with Crippen LogP contribution in [0.25, 0.3) is 0 Å². The standard InChI is InChI=1S/C8H14O4S/c9-8(10)2-4-13-5-7-1-3-11-6-12-7/h7H,1-6H2,(H,9,10). The maximum atomic E-state index is 10.2. The van der Waals surface area contributed by atoms with Gasteiger partial charge in [-0.3, -0.25) is 4.79 Å². The van der Waals surface area contributed by atoms with E-state index in [4.69, 9.17) is 14.6 Å². The second-order valence-electron chi connectivity index (χ2n) is 2.82. The molecule has 0 aromatic heterocycles. The van der Waals surface area contributed by atoms with E-state index in [2.05, 4.69) is 0 Å². The molecule has 1 rings (SSSR count). The molecular weight excluding hydrogens is 192 g/mol. The van der Waals surface area contributed by atoms with Crippen LogP contribution in [0.1, 0.15) is 12.8 Å². The van der Waals surface area contributed by atoms with Crippen LogP contribution in [0.3, 0.4) is 0 Å². The largest absolute Gasteiger partial charge is 0.481 e. The van der Waals surface area contributed by atoms with E-state index in [1.54, 1.807) is 11.8 Å². The van der Waals surface area contributed by atoms with Gasteiger partial charge in [0.1, 0.15) is 6.79 Å². The first kappa shape index (κ1) is 10.8. The molecule has 0 radical (unpaired) electrons. The van der Waals surface area contributed by atoms with Crippen LogP contribution in [0.15, 0.2) is 0 Å². The third-order valence-corrected chi connectivity index (χ3v) is 2.84. The summed E-state index contributed by atoms with van der Waals surface area (Å²) in [4.78, 5) is 10.2. The molecule has 0 aromatic rings. The Labute approximate surface area is 81.6 Å². The average Bonchev–Trinajstić information content (AvgIpc) is 2.14. The van der Waals surface area contributed by atoms with E-state index in [1.165, 1.54) is 0 Å². The molecule has 4 nitrogen and oxygen atoms in total. The molecule has 0 amide bonds. The molecule has 1 heterocycles. The van der Waals surface area contributed by atoms with Crippen LogP contribution in [0.2, 0.25) is 0 Å². The fourth-order valence-corrected chi connectivity index (χ4v) is 2.02. The van der Waals surface area contributed by atoms with Crippen molar-refractivity contribution in [2.45, 2.75) is 18.9 Å². The molecule has 0 aliphatic carbocycles. The third kappa shape index (κ3) is 5.13. The predicted octanol–water partition coefficient (Wildman–Crippen LogP) is 0.957. The Morgan fingerprint density at radius 1 is 1.62 bits per heavy atom. The van der Waals surface area contributed by atoms with Gasteiger partial charge in [-0.2, -0.15) is 11.8 Å². The van der Waals surface area contributed by atoms with Crippen molar-refractivity contribution in [3.05, 3.63) is 0 Å². The highest BCUT2D eigenvalue weighted by molar-refractivity contribution is 7.99. The summed E-state index contributed by atoms with van der Waals surface area (Å²) in [5.41, 5.74) is 0. The summed E-state index contributed by atoms with van der Waals surface area (Å²) < 4.78 is 10.3. The molecule has 1 saturated heterocycles. The Kier molecular flexibility index (Phi) is 5.19. The fraction of sp³-hybridized carbons (Fsp3) is 0.875. The minimum absolute atomic E-state index is 0.230. The number of carbonyl (C=O) groups is 1. The molecule has 1 atom stereocenters. The lowest BCUT2D eigenvalue weighted by Gasteiger charge is -2.22. The van der Waals surface area contributed by atoms with Crippen LogP contribution >= 0.6 is 11.8 Å². The number of carboxylic acids is 1. The van der Waals surface area contributed by atoms with Gasteiger partial charge >= 0.3 is 5.97 Å². The highest BCUT2D eigenvalue weighted by Gasteiger charge is 2.13. The molecule has 1 aliphatic rings. The van der Waals surface area contributed by atoms with Crippen LogP contribution < -0.4 is 0 Å². The minimum atomic E-state index is -0.736. The highest BCUT2D eigenvalue weighted by atomic mass is 32.2. The Morgan fingerprint density at radius 3 is 3.08 bits per heavy atom. The lowest BCUT2D eigenvalue weighted by Crippen LogP contribution is -2.25. The highest BCUT2D eigenvalue weighted by Crippen LogP contribution is 2.13. The molecule has 1 N–H and O–H groups in total. The average molecular weight is 206 g/mol. The van der Waals surface area contributed by atoms with Gasteiger partial charge in [0.25, 0.3) is 0 Å². The normalized spacial score (nSPS) is 22.9. The molecular formula is C8H14O4S. The number of ether oxygens (including phenoxy) is 2. The van der Waals surface area contributed by atoms with Crippen molar-refractivity contribution in [1.82, 2.24) is 0 Å². The lowest BCUT2D eigenvalue weighted by atomic mass is 10.3. The van der Waals surface area contributed by atoms with Crippen LogP contribution in [0.5, 0.6) is 0 Å². The second-order valence-corrected chi connectivity index (χ2v) is 3.97. The number of rotatable bonds is 5. The number of carboxylic acid groups (broad SMARTS) is 1. The smallest absolute Gasteiger partial charge is 0.304 e. The van der Waals surface area contributed by atoms with E-state index in [1.807, 2.05) is 0 Å². The summed E-state index contributed by atoms with van der Waals surface area (Å²) >= 11 is 1.63. The van der Waals surface area contributed by atoms with Crippen molar-refractivity contribution in [2.75, 3.05) is 24.9 Å². The molecule has 76 valence electrons. The summed E-state index contributed by atoms with van der Waals surface area (Å²) in [5, 5.41) is 8.39. The maximum Gasteiger partial charge on any atom is 0.304 e. The molecule has 1 fully saturated rings. The number of hydrogen-bond acceptors (Lipinski definition) is 4. The summed E-state index contributed by atoms with van der Waals surface area (Å²) in [6.45, 7) is 1.13. The molecule has 0 bridgehead atoms. The van der Waals surface area contributed by atoms with Gasteiger partial charge < -0.3 is 14.6 Å². The zero-order valence-electron chi connectivity index (χ0n) is 7.40. The molecule has 1 unspecified atom stereocenters. The zero-order chi connectivity index (χ0) is 9.52. The Balaban J connectivity index is 1.95. The van der Waals surface area contributed by atoms with Crippen molar-refractivity contribution in [1.29, 1.82) is 0 Å². The lowest BCUT2D eigenvalue weighted by molar-refractivity contribution is -0.136. The number of aliphatic carboxylic acids is 1. The third-order valence-electron chi connectivity index (χ3n) is 1.74. The van der Waals surface area contributed by atoms with E-state index in [-0.39, 0.29) is 12.5 Å².